The first-order chi connectivity index (χ1) is 9.90. The Bertz CT molecular complexity index is 732. The predicted molar refractivity (Wildman–Crippen MR) is 85.7 cm³/mol. The Hall–Kier alpha value is -1.73. The van der Waals surface area contributed by atoms with Crippen LogP contribution in [0.5, 0.6) is 0 Å². The van der Waals surface area contributed by atoms with Crippen molar-refractivity contribution in [2.45, 2.75) is 6.92 Å². The van der Waals surface area contributed by atoms with E-state index >= 15 is 0 Å². The summed E-state index contributed by atoms with van der Waals surface area (Å²) in [6, 6.07) is 6.37. The summed E-state index contributed by atoms with van der Waals surface area (Å²) in [4.78, 5) is 27.6. The highest BCUT2D eigenvalue weighted by molar-refractivity contribution is 9.11. The Kier molecular flexibility index (Phi) is 4.74. The first kappa shape index (κ1) is 15.7. The standard InChI is InChI=1S/C14H10Br2N2O3/c1-7-9(3-2-4-17-7)13(19)18-12-10(14(20)21)5-8(15)6-11(12)16/h2-6H,1H3,(H,18,19)(H,20,21). The minimum atomic E-state index is -1.13. The number of benzene rings is 1. The predicted octanol–water partition coefficient (Wildman–Crippen LogP) is 3.87. The van der Waals surface area contributed by atoms with Crippen molar-refractivity contribution >= 4 is 49.4 Å². The summed E-state index contributed by atoms with van der Waals surface area (Å²) in [5.41, 5.74) is 1.16. The second-order valence-electron chi connectivity index (χ2n) is 4.21. The molecule has 1 aromatic carbocycles. The molecule has 0 aliphatic rings. The Labute approximate surface area is 137 Å². The van der Waals surface area contributed by atoms with Crippen LogP contribution >= 0.6 is 31.9 Å². The van der Waals surface area contributed by atoms with Crippen molar-refractivity contribution in [3.8, 4) is 0 Å². The largest absolute Gasteiger partial charge is 0.478 e. The number of carbonyl (C=O) groups excluding carboxylic acids is 1. The summed E-state index contributed by atoms with van der Waals surface area (Å²) in [5, 5.41) is 11.9. The van der Waals surface area contributed by atoms with E-state index in [0.29, 0.717) is 20.2 Å². The average Bonchev–Trinajstić information content (AvgIpc) is 2.41. The van der Waals surface area contributed by atoms with Crippen molar-refractivity contribution in [2.75, 3.05) is 5.32 Å². The van der Waals surface area contributed by atoms with E-state index in [9.17, 15) is 14.7 Å². The monoisotopic (exact) mass is 412 g/mol. The van der Waals surface area contributed by atoms with E-state index in [1.54, 1.807) is 31.3 Å². The van der Waals surface area contributed by atoms with E-state index in [2.05, 4.69) is 42.2 Å². The van der Waals surface area contributed by atoms with Crippen LogP contribution in [0.1, 0.15) is 26.4 Å². The fourth-order valence-electron chi connectivity index (χ4n) is 1.77. The van der Waals surface area contributed by atoms with Crippen LogP contribution in [0.3, 0.4) is 0 Å². The van der Waals surface area contributed by atoms with E-state index in [1.807, 2.05) is 0 Å². The Morgan fingerprint density at radius 3 is 2.57 bits per heavy atom. The molecule has 2 rings (SSSR count). The molecular weight excluding hydrogens is 404 g/mol. The van der Waals surface area contributed by atoms with Crippen LogP contribution < -0.4 is 5.32 Å². The molecule has 1 amide bonds. The van der Waals surface area contributed by atoms with Gasteiger partial charge in [0.05, 0.1) is 16.8 Å². The zero-order valence-corrected chi connectivity index (χ0v) is 14.0. The van der Waals surface area contributed by atoms with Crippen LogP contribution in [-0.2, 0) is 0 Å². The van der Waals surface area contributed by atoms with Crippen LogP contribution in [0.2, 0.25) is 0 Å². The van der Waals surface area contributed by atoms with Crippen LogP contribution in [0.4, 0.5) is 5.69 Å². The zero-order valence-electron chi connectivity index (χ0n) is 10.9. The highest BCUT2D eigenvalue weighted by Crippen LogP contribution is 2.31. The molecule has 0 saturated carbocycles. The van der Waals surface area contributed by atoms with Crippen molar-refractivity contribution in [3.63, 3.8) is 0 Å². The van der Waals surface area contributed by atoms with E-state index in [0.717, 1.165) is 0 Å². The summed E-state index contributed by atoms with van der Waals surface area (Å²) in [7, 11) is 0. The van der Waals surface area contributed by atoms with Gasteiger partial charge >= 0.3 is 5.97 Å². The molecule has 5 nitrogen and oxygen atoms in total. The molecule has 2 N–H and O–H groups in total. The fraction of sp³-hybridized carbons (Fsp3) is 0.0714. The third-order valence-corrected chi connectivity index (χ3v) is 3.86. The average molecular weight is 414 g/mol. The van der Waals surface area contributed by atoms with E-state index < -0.39 is 11.9 Å². The van der Waals surface area contributed by atoms with Gasteiger partial charge in [-0.15, -0.1) is 0 Å². The summed E-state index contributed by atoms with van der Waals surface area (Å²) < 4.78 is 1.08. The van der Waals surface area contributed by atoms with Crippen molar-refractivity contribution in [1.29, 1.82) is 0 Å². The molecule has 0 spiro atoms. The van der Waals surface area contributed by atoms with Gasteiger partial charge in [0.1, 0.15) is 0 Å². The number of pyridine rings is 1. The maximum atomic E-state index is 12.3. The first-order valence-corrected chi connectivity index (χ1v) is 7.44. The van der Waals surface area contributed by atoms with E-state index in [1.165, 1.54) is 6.07 Å². The molecule has 1 heterocycles. The number of aromatic carboxylic acids is 1. The lowest BCUT2D eigenvalue weighted by Gasteiger charge is -2.12. The quantitative estimate of drug-likeness (QED) is 0.800. The molecule has 21 heavy (non-hydrogen) atoms. The number of rotatable bonds is 3. The first-order valence-electron chi connectivity index (χ1n) is 5.85. The van der Waals surface area contributed by atoms with Crippen molar-refractivity contribution in [3.05, 3.63) is 56.2 Å². The number of nitrogens with zero attached hydrogens (tertiary/aromatic N) is 1. The Balaban J connectivity index is 2.42. The molecular formula is C14H10Br2N2O3. The third-order valence-electron chi connectivity index (χ3n) is 2.78. The number of amides is 1. The second kappa shape index (κ2) is 6.36. The molecule has 0 unspecified atom stereocenters. The van der Waals surface area contributed by atoms with Crippen LogP contribution in [0.25, 0.3) is 0 Å². The molecule has 0 saturated heterocycles. The maximum Gasteiger partial charge on any atom is 0.337 e. The van der Waals surface area contributed by atoms with Crippen LogP contribution in [0.15, 0.2) is 39.4 Å². The highest BCUT2D eigenvalue weighted by Gasteiger charge is 2.18. The van der Waals surface area contributed by atoms with Gasteiger partial charge < -0.3 is 10.4 Å². The van der Waals surface area contributed by atoms with Crippen molar-refractivity contribution < 1.29 is 14.7 Å². The minimum absolute atomic E-state index is 0.00820. The number of carboxylic acid groups (broad SMARTS) is 1. The van der Waals surface area contributed by atoms with Crippen molar-refractivity contribution in [2.24, 2.45) is 0 Å². The number of hydrogen-bond acceptors (Lipinski definition) is 3. The van der Waals surface area contributed by atoms with Gasteiger partial charge in [0.2, 0.25) is 0 Å². The molecule has 0 fully saturated rings. The lowest BCUT2D eigenvalue weighted by Crippen LogP contribution is -2.17. The molecule has 7 heteroatoms. The number of aromatic nitrogens is 1. The van der Waals surface area contributed by atoms with Gasteiger partial charge in [0.25, 0.3) is 5.91 Å². The lowest BCUT2D eigenvalue weighted by atomic mass is 10.1. The molecule has 0 aliphatic carbocycles. The Morgan fingerprint density at radius 2 is 1.95 bits per heavy atom. The number of halogens is 2. The molecule has 108 valence electrons. The van der Waals surface area contributed by atoms with E-state index in [-0.39, 0.29) is 11.3 Å². The van der Waals surface area contributed by atoms with Crippen molar-refractivity contribution in [1.82, 2.24) is 4.98 Å². The third kappa shape index (κ3) is 3.48. The summed E-state index contributed by atoms with van der Waals surface area (Å²) in [5.74, 6) is -1.54. The van der Waals surface area contributed by atoms with Gasteiger partial charge in [-0.2, -0.15) is 0 Å². The molecule has 0 bridgehead atoms. The normalized spacial score (nSPS) is 10.2. The number of anilines is 1. The van der Waals surface area contributed by atoms with Gasteiger partial charge in [0, 0.05) is 20.8 Å². The number of carbonyl (C=O) groups is 2. The van der Waals surface area contributed by atoms with Gasteiger partial charge in [-0.25, -0.2) is 4.79 Å². The molecule has 2 aromatic rings. The summed E-state index contributed by atoms with van der Waals surface area (Å²) in [6.45, 7) is 1.71. The number of carboxylic acids is 1. The van der Waals surface area contributed by atoms with Gasteiger partial charge in [-0.1, -0.05) is 15.9 Å². The second-order valence-corrected chi connectivity index (χ2v) is 5.98. The summed E-state index contributed by atoms with van der Waals surface area (Å²) in [6.07, 6.45) is 1.59. The number of nitrogens with one attached hydrogen (secondary N) is 1. The van der Waals surface area contributed by atoms with Gasteiger partial charge in [-0.05, 0) is 47.1 Å². The van der Waals surface area contributed by atoms with Gasteiger partial charge in [0.15, 0.2) is 0 Å². The molecule has 0 aliphatic heterocycles. The topological polar surface area (TPSA) is 79.3 Å². The van der Waals surface area contributed by atoms with Crippen LogP contribution in [-0.4, -0.2) is 22.0 Å². The zero-order chi connectivity index (χ0) is 15.6. The highest BCUT2D eigenvalue weighted by atomic mass is 79.9. The SMILES string of the molecule is Cc1ncccc1C(=O)Nc1c(Br)cc(Br)cc1C(=O)O. The molecule has 0 radical (unpaired) electrons. The fourth-order valence-corrected chi connectivity index (χ4v) is 3.10. The van der Waals surface area contributed by atoms with Crippen LogP contribution in [0, 0.1) is 6.92 Å². The molecule has 1 aromatic heterocycles. The number of aryl methyl sites for hydroxylation is 1. The van der Waals surface area contributed by atoms with E-state index in [4.69, 9.17) is 0 Å². The molecule has 0 atom stereocenters. The smallest absolute Gasteiger partial charge is 0.337 e. The number of hydrogen-bond donors (Lipinski definition) is 2. The Morgan fingerprint density at radius 1 is 1.24 bits per heavy atom. The minimum Gasteiger partial charge on any atom is -0.478 e. The van der Waals surface area contributed by atoms with Gasteiger partial charge in [-0.3, -0.25) is 9.78 Å². The maximum absolute atomic E-state index is 12.3. The summed E-state index contributed by atoms with van der Waals surface area (Å²) >= 11 is 6.48. The lowest BCUT2D eigenvalue weighted by molar-refractivity contribution is 0.0698.